The van der Waals surface area contributed by atoms with Crippen molar-refractivity contribution in [3.05, 3.63) is 59.4 Å². The second-order valence-electron chi connectivity index (χ2n) is 6.85. The number of anilines is 2. The Kier molecular flexibility index (Phi) is 3.82. The molecule has 0 radical (unpaired) electrons. The van der Waals surface area contributed by atoms with Gasteiger partial charge < -0.3 is 10.6 Å². The summed E-state index contributed by atoms with van der Waals surface area (Å²) in [6.45, 7) is 0. The molecule has 0 saturated heterocycles. The predicted molar refractivity (Wildman–Crippen MR) is 92.6 cm³/mol. The molecule has 2 aromatic rings. The molecular formula is C20H23FN2. The van der Waals surface area contributed by atoms with Gasteiger partial charge >= 0.3 is 0 Å². The van der Waals surface area contributed by atoms with Crippen molar-refractivity contribution >= 4 is 11.4 Å². The van der Waals surface area contributed by atoms with Gasteiger partial charge in [0.2, 0.25) is 0 Å². The third kappa shape index (κ3) is 2.74. The van der Waals surface area contributed by atoms with Gasteiger partial charge in [-0.1, -0.05) is 18.2 Å². The second-order valence-corrected chi connectivity index (χ2v) is 6.85. The molecule has 2 N–H and O–H groups in total. The van der Waals surface area contributed by atoms with Crippen molar-refractivity contribution < 1.29 is 4.39 Å². The fraction of sp³-hybridized carbons (Fsp3) is 0.400. The van der Waals surface area contributed by atoms with E-state index in [4.69, 9.17) is 5.73 Å². The molecule has 2 unspecified atom stereocenters. The van der Waals surface area contributed by atoms with Gasteiger partial charge in [-0.15, -0.1) is 0 Å². The molecule has 2 atom stereocenters. The first kappa shape index (κ1) is 14.7. The molecule has 2 aliphatic rings. The van der Waals surface area contributed by atoms with Gasteiger partial charge in [-0.05, 0) is 73.9 Å². The van der Waals surface area contributed by atoms with Gasteiger partial charge in [0.15, 0.2) is 0 Å². The molecule has 1 aliphatic carbocycles. The van der Waals surface area contributed by atoms with Crippen LogP contribution in [-0.4, -0.2) is 12.1 Å². The molecule has 1 fully saturated rings. The van der Waals surface area contributed by atoms with Crippen LogP contribution in [0.2, 0.25) is 0 Å². The van der Waals surface area contributed by atoms with E-state index in [9.17, 15) is 4.39 Å². The minimum absolute atomic E-state index is 0.144. The summed E-state index contributed by atoms with van der Waals surface area (Å²) in [6, 6.07) is 14.5. The van der Waals surface area contributed by atoms with Crippen LogP contribution < -0.4 is 10.6 Å². The number of nitrogens with two attached hydrogens (primary N) is 1. The van der Waals surface area contributed by atoms with Gasteiger partial charge in [0.25, 0.3) is 0 Å². The topological polar surface area (TPSA) is 29.3 Å². The second kappa shape index (κ2) is 5.97. The zero-order valence-electron chi connectivity index (χ0n) is 13.3. The number of nitrogens with zero attached hydrogens (tertiary/aromatic N) is 1. The number of hydrogen-bond donors (Lipinski definition) is 1. The Morgan fingerprint density at radius 3 is 2.61 bits per heavy atom. The molecule has 4 rings (SSSR count). The molecule has 120 valence electrons. The van der Waals surface area contributed by atoms with Crippen molar-refractivity contribution in [2.75, 3.05) is 4.90 Å². The lowest BCUT2D eigenvalue weighted by molar-refractivity contribution is 0.388. The van der Waals surface area contributed by atoms with Gasteiger partial charge in [-0.25, -0.2) is 4.39 Å². The highest BCUT2D eigenvalue weighted by molar-refractivity contribution is 5.72. The first-order valence-corrected chi connectivity index (χ1v) is 8.63. The van der Waals surface area contributed by atoms with Gasteiger partial charge in [0, 0.05) is 23.5 Å². The van der Waals surface area contributed by atoms with Crippen molar-refractivity contribution in [3.8, 4) is 0 Å². The number of para-hydroxylation sites is 1. The predicted octanol–water partition coefficient (Wildman–Crippen LogP) is 4.33. The van der Waals surface area contributed by atoms with Crippen LogP contribution in [0.4, 0.5) is 15.8 Å². The van der Waals surface area contributed by atoms with E-state index in [0.29, 0.717) is 6.04 Å². The van der Waals surface area contributed by atoms with Crippen LogP contribution in [0.1, 0.15) is 36.8 Å². The first-order chi connectivity index (χ1) is 11.2. The Bertz CT molecular complexity index is 713. The SMILES string of the molecule is NC1CCCC(N2c3ccccc3CCc3cc(F)ccc32)C1. The van der Waals surface area contributed by atoms with E-state index >= 15 is 0 Å². The minimum Gasteiger partial charge on any atom is -0.338 e. The quantitative estimate of drug-likeness (QED) is 0.849. The maximum Gasteiger partial charge on any atom is 0.123 e. The lowest BCUT2D eigenvalue weighted by Gasteiger charge is -2.39. The van der Waals surface area contributed by atoms with E-state index in [1.807, 2.05) is 6.07 Å². The average molecular weight is 310 g/mol. The molecule has 2 aromatic carbocycles. The summed E-state index contributed by atoms with van der Waals surface area (Å²) in [5, 5.41) is 0. The highest BCUT2D eigenvalue weighted by atomic mass is 19.1. The zero-order chi connectivity index (χ0) is 15.8. The number of benzene rings is 2. The van der Waals surface area contributed by atoms with Crippen LogP contribution in [0.25, 0.3) is 0 Å². The normalized spacial score (nSPS) is 23.8. The molecule has 0 aromatic heterocycles. The third-order valence-corrected chi connectivity index (χ3v) is 5.27. The van der Waals surface area contributed by atoms with Crippen LogP contribution in [0.5, 0.6) is 0 Å². The lowest BCUT2D eigenvalue weighted by Crippen LogP contribution is -2.40. The molecule has 0 spiro atoms. The summed E-state index contributed by atoms with van der Waals surface area (Å²) >= 11 is 0. The number of hydrogen-bond acceptors (Lipinski definition) is 2. The molecule has 1 heterocycles. The molecule has 2 nitrogen and oxygen atoms in total. The number of halogens is 1. The number of fused-ring (bicyclic) bond motifs is 2. The Hall–Kier alpha value is -1.87. The van der Waals surface area contributed by atoms with Crippen molar-refractivity contribution in [2.24, 2.45) is 5.73 Å². The fourth-order valence-electron chi connectivity index (χ4n) is 4.17. The van der Waals surface area contributed by atoms with E-state index in [1.165, 1.54) is 17.7 Å². The summed E-state index contributed by atoms with van der Waals surface area (Å²) in [7, 11) is 0. The van der Waals surface area contributed by atoms with Crippen LogP contribution in [0.3, 0.4) is 0 Å². The standard InChI is InChI=1S/C20H23FN2/c21-16-10-11-20-15(12-16)9-8-14-4-1-2-7-19(14)23(20)18-6-3-5-17(22)13-18/h1-2,4,7,10-12,17-18H,3,5-6,8-9,13,22H2. The fourth-order valence-corrected chi connectivity index (χ4v) is 4.17. The van der Waals surface area contributed by atoms with Gasteiger partial charge in [-0.3, -0.25) is 0 Å². The Morgan fingerprint density at radius 2 is 1.74 bits per heavy atom. The van der Waals surface area contributed by atoms with Crippen molar-refractivity contribution in [2.45, 2.75) is 50.6 Å². The lowest BCUT2D eigenvalue weighted by atomic mass is 9.89. The van der Waals surface area contributed by atoms with E-state index in [1.54, 1.807) is 12.1 Å². The van der Waals surface area contributed by atoms with Crippen LogP contribution in [-0.2, 0) is 12.8 Å². The summed E-state index contributed by atoms with van der Waals surface area (Å²) < 4.78 is 13.7. The summed E-state index contributed by atoms with van der Waals surface area (Å²) in [6.07, 6.45) is 6.29. The third-order valence-electron chi connectivity index (χ3n) is 5.27. The van der Waals surface area contributed by atoms with Crippen molar-refractivity contribution in [1.29, 1.82) is 0 Å². The minimum atomic E-state index is -0.144. The monoisotopic (exact) mass is 310 g/mol. The largest absolute Gasteiger partial charge is 0.338 e. The Balaban J connectivity index is 1.84. The van der Waals surface area contributed by atoms with Crippen molar-refractivity contribution in [1.82, 2.24) is 0 Å². The Labute approximate surface area is 137 Å². The number of rotatable bonds is 1. The molecule has 3 heteroatoms. The van der Waals surface area contributed by atoms with Gasteiger partial charge in [0.1, 0.15) is 5.82 Å². The molecular weight excluding hydrogens is 287 g/mol. The summed E-state index contributed by atoms with van der Waals surface area (Å²) in [4.78, 5) is 2.44. The molecule has 0 bridgehead atoms. The van der Waals surface area contributed by atoms with Gasteiger partial charge in [-0.2, -0.15) is 0 Å². The van der Waals surface area contributed by atoms with Gasteiger partial charge in [0.05, 0.1) is 0 Å². The smallest absolute Gasteiger partial charge is 0.123 e. The van der Waals surface area contributed by atoms with Crippen LogP contribution in [0.15, 0.2) is 42.5 Å². The average Bonchev–Trinajstić information content (AvgIpc) is 2.71. The highest BCUT2D eigenvalue weighted by Crippen LogP contribution is 2.40. The maximum atomic E-state index is 13.7. The van der Waals surface area contributed by atoms with E-state index in [0.717, 1.165) is 43.4 Å². The Morgan fingerprint density at radius 1 is 0.957 bits per heavy atom. The van der Waals surface area contributed by atoms with Crippen LogP contribution >= 0.6 is 0 Å². The van der Waals surface area contributed by atoms with Crippen molar-refractivity contribution in [3.63, 3.8) is 0 Å². The number of aryl methyl sites for hydroxylation is 2. The molecule has 23 heavy (non-hydrogen) atoms. The molecule has 1 saturated carbocycles. The van der Waals surface area contributed by atoms with E-state index < -0.39 is 0 Å². The summed E-state index contributed by atoms with van der Waals surface area (Å²) in [5.41, 5.74) is 11.1. The zero-order valence-corrected chi connectivity index (χ0v) is 13.3. The highest BCUT2D eigenvalue weighted by Gasteiger charge is 2.30. The van der Waals surface area contributed by atoms with E-state index in [-0.39, 0.29) is 11.9 Å². The maximum absolute atomic E-state index is 13.7. The molecule has 0 amide bonds. The van der Waals surface area contributed by atoms with Crippen LogP contribution in [0, 0.1) is 5.82 Å². The summed E-state index contributed by atoms with van der Waals surface area (Å²) in [5.74, 6) is -0.144. The van der Waals surface area contributed by atoms with E-state index in [2.05, 4.69) is 29.2 Å². The first-order valence-electron chi connectivity index (χ1n) is 8.63. The molecule has 1 aliphatic heterocycles.